The van der Waals surface area contributed by atoms with E-state index >= 15 is 19.2 Å². The third kappa shape index (κ3) is 14.6. The number of carbonyl (C=O) groups excluding carboxylic acids is 8. The van der Waals surface area contributed by atoms with Gasteiger partial charge in [-0.25, -0.2) is 19.2 Å². The number of hydrogen-bond acceptors (Lipinski definition) is 16. The molecule has 0 radical (unpaired) electrons. The van der Waals surface area contributed by atoms with Crippen LogP contribution in [0.15, 0.2) is 145 Å². The number of hydrogen-bond donors (Lipinski definition) is 0. The van der Waals surface area contributed by atoms with E-state index < -0.39 is 96.1 Å². The molecule has 102 heavy (non-hydrogen) atoms. The smallest absolute Gasteiger partial charge is 0.349 e. The van der Waals surface area contributed by atoms with Crippen molar-refractivity contribution >= 4 is 114 Å². The lowest BCUT2D eigenvalue weighted by molar-refractivity contribution is -0.153. The van der Waals surface area contributed by atoms with Gasteiger partial charge in [-0.1, -0.05) is 168 Å². The van der Waals surface area contributed by atoms with Crippen LogP contribution in [0.25, 0.3) is 43.1 Å². The minimum atomic E-state index is -1.54. The number of esters is 4. The number of amides is 4. The molecule has 9 aromatic carbocycles. The zero-order chi connectivity index (χ0) is 73.4. The first kappa shape index (κ1) is 72.9. The van der Waals surface area contributed by atoms with Crippen molar-refractivity contribution < 1.29 is 76.3 Å². The lowest BCUT2D eigenvalue weighted by Crippen LogP contribution is -2.51. The second kappa shape index (κ2) is 30.1. The first-order valence-corrected chi connectivity index (χ1v) is 34.9. The minimum absolute atomic E-state index is 0.0303. The standard InChI is InChI=1S/C82H80Cl2N2O16/c1-41(2)35-61(81(93)97-33-31-95-79(91)47(13)83)85-75(87)57-37-63(99-53-23-15-49(16-24-53)43(5)6)69-71-65(101-55-27-19-51(20-28-55)45(9)10)39-59-68-60(78(90)86(77(59)89)62(36-42(3)4)82(94)98-34-32-96-80(92)48(14)84)40-66(102-56-29-21-52(22-30-56)46(11)12)72(74(68)71)70-64(38-58(76(85)88)67(57)73(69)70)100-54-25-17-50(18-26-54)44(7)8/h15-30,37-46,61-62H,13-14,31-36H2,1-12H3. The highest BCUT2D eigenvalue weighted by atomic mass is 35.5. The Morgan fingerprint density at radius 1 is 0.343 bits per heavy atom. The summed E-state index contributed by atoms with van der Waals surface area (Å²) in [6.45, 7) is 28.8. The first-order chi connectivity index (χ1) is 48.5. The molecule has 0 saturated carbocycles. The van der Waals surface area contributed by atoms with Gasteiger partial charge in [0.1, 0.15) is 94.6 Å². The summed E-state index contributed by atoms with van der Waals surface area (Å²) in [6.07, 6.45) is -0.120. The van der Waals surface area contributed by atoms with E-state index in [2.05, 4.69) is 68.5 Å². The lowest BCUT2D eigenvalue weighted by Gasteiger charge is -2.36. The molecule has 0 fully saturated rings. The second-order valence-corrected chi connectivity index (χ2v) is 28.6. The molecule has 528 valence electrons. The molecule has 11 rings (SSSR count). The molecule has 2 atom stereocenters. The second-order valence-electron chi connectivity index (χ2n) is 27.7. The summed E-state index contributed by atoms with van der Waals surface area (Å²) in [6, 6.07) is 32.7. The number of fused-ring (bicyclic) bond motifs is 2. The summed E-state index contributed by atoms with van der Waals surface area (Å²) in [5.41, 5.74) is 3.70. The Morgan fingerprint density at radius 2 is 0.569 bits per heavy atom. The molecule has 2 aliphatic rings. The number of carbonyl (C=O) groups is 8. The summed E-state index contributed by atoms with van der Waals surface area (Å²) in [4.78, 5) is 121. The number of benzene rings is 9. The number of halogens is 2. The fraction of sp³-hybridized carbons (Fsp3) is 0.317. The van der Waals surface area contributed by atoms with Crippen molar-refractivity contribution in [1.29, 1.82) is 0 Å². The SMILES string of the molecule is C=C(Cl)C(=O)OCCOC(=O)C(CC(C)C)N1C(=O)c2cc(Oc3ccc(C(C)C)cc3)c3c4c(Oc5ccc(C(C)C)cc5)cc5c6c(cc(Oc7ccc(C(C)C)cc7)c(c7c(Oc8ccc(C(C)C)cc8)cc(c2c37)C1=O)c64)C(=O)N(C(CC(C)C)C(=O)OCCOC(=O)C(=C)Cl)C5=O. The maximum atomic E-state index is 16.2. The summed E-state index contributed by atoms with van der Waals surface area (Å²) < 4.78 is 50.6. The van der Waals surface area contributed by atoms with Crippen LogP contribution in [0.1, 0.15) is 183 Å². The Kier molecular flexibility index (Phi) is 21.5. The van der Waals surface area contributed by atoms with Gasteiger partial charge in [-0.2, -0.15) is 0 Å². The van der Waals surface area contributed by atoms with Gasteiger partial charge < -0.3 is 37.9 Å². The molecule has 2 unspecified atom stereocenters. The van der Waals surface area contributed by atoms with Gasteiger partial charge in [0, 0.05) is 43.1 Å². The highest BCUT2D eigenvalue weighted by molar-refractivity contribution is 6.45. The van der Waals surface area contributed by atoms with Crippen LogP contribution in [-0.2, 0) is 38.1 Å². The maximum Gasteiger partial charge on any atom is 0.349 e. The van der Waals surface area contributed by atoms with E-state index in [9.17, 15) is 19.2 Å². The van der Waals surface area contributed by atoms with Crippen molar-refractivity contribution in [2.75, 3.05) is 26.4 Å². The van der Waals surface area contributed by atoms with Crippen molar-refractivity contribution in [3.63, 3.8) is 0 Å². The molecule has 0 N–H and O–H groups in total. The molecular weight excluding hydrogens is 1340 g/mol. The molecular formula is C82H80Cl2N2O16. The van der Waals surface area contributed by atoms with Gasteiger partial charge in [0.15, 0.2) is 0 Å². The molecule has 0 spiro atoms. The normalized spacial score (nSPS) is 13.6. The Labute approximate surface area is 601 Å². The average molecular weight is 1420 g/mol. The van der Waals surface area contributed by atoms with Crippen LogP contribution in [0.2, 0.25) is 0 Å². The molecule has 18 nitrogen and oxygen atoms in total. The van der Waals surface area contributed by atoms with E-state index in [1.165, 1.54) is 24.3 Å². The largest absolute Gasteiger partial charge is 0.461 e. The predicted octanol–water partition coefficient (Wildman–Crippen LogP) is 19.1. The molecule has 0 saturated heterocycles. The predicted molar refractivity (Wildman–Crippen MR) is 391 cm³/mol. The molecule has 4 amide bonds. The van der Waals surface area contributed by atoms with Crippen LogP contribution in [0.4, 0.5) is 0 Å². The molecule has 20 heteroatoms. The number of rotatable bonds is 28. The van der Waals surface area contributed by atoms with E-state index in [-0.39, 0.29) is 137 Å². The number of imide groups is 2. The lowest BCUT2D eigenvalue weighted by atomic mass is 9.80. The number of nitrogens with zero attached hydrogens (tertiary/aromatic N) is 2. The monoisotopic (exact) mass is 1420 g/mol. The Morgan fingerprint density at radius 3 is 0.775 bits per heavy atom. The quantitative estimate of drug-likeness (QED) is 0.00847. The van der Waals surface area contributed by atoms with Gasteiger partial charge in [0.25, 0.3) is 23.6 Å². The van der Waals surface area contributed by atoms with E-state index in [4.69, 9.17) is 61.1 Å². The van der Waals surface area contributed by atoms with Gasteiger partial charge in [-0.15, -0.1) is 0 Å². The van der Waals surface area contributed by atoms with Crippen LogP contribution in [0.3, 0.4) is 0 Å². The van der Waals surface area contributed by atoms with E-state index in [1.807, 2.05) is 76.2 Å². The fourth-order valence-corrected chi connectivity index (χ4v) is 13.1. The van der Waals surface area contributed by atoms with E-state index in [0.29, 0.717) is 23.0 Å². The topological polar surface area (TPSA) is 217 Å². The maximum absolute atomic E-state index is 16.2. The van der Waals surface area contributed by atoms with Gasteiger partial charge in [-0.3, -0.25) is 29.0 Å². The van der Waals surface area contributed by atoms with Gasteiger partial charge in [0.2, 0.25) is 0 Å². The van der Waals surface area contributed by atoms with Gasteiger partial charge >= 0.3 is 23.9 Å². The third-order valence-corrected chi connectivity index (χ3v) is 18.5. The van der Waals surface area contributed by atoms with Crippen molar-refractivity contribution in [2.45, 2.75) is 132 Å². The molecule has 0 bridgehead atoms. The summed E-state index contributed by atoms with van der Waals surface area (Å²) in [5.74, 6) is -6.06. The Balaban J connectivity index is 1.29. The van der Waals surface area contributed by atoms with E-state index in [1.54, 1.807) is 48.5 Å². The molecule has 9 aromatic rings. The minimum Gasteiger partial charge on any atom is -0.461 e. The molecule has 2 heterocycles. The Hall–Kier alpha value is -10.3. The summed E-state index contributed by atoms with van der Waals surface area (Å²) >= 11 is 11.5. The zero-order valence-corrected chi connectivity index (χ0v) is 60.5. The third-order valence-electron chi connectivity index (χ3n) is 18.2. The summed E-state index contributed by atoms with van der Waals surface area (Å²) in [5, 5.41) is 0.858. The number of ether oxygens (including phenoxy) is 8. The molecule has 0 aliphatic carbocycles. The van der Waals surface area contributed by atoms with Crippen molar-refractivity contribution in [3.05, 3.63) is 189 Å². The summed E-state index contributed by atoms with van der Waals surface area (Å²) in [7, 11) is 0. The van der Waals surface area contributed by atoms with Gasteiger partial charge in [-0.05, 0) is 143 Å². The first-order valence-electron chi connectivity index (χ1n) is 34.1. The Bertz CT molecular complexity index is 4300. The van der Waals surface area contributed by atoms with Crippen LogP contribution in [0, 0.1) is 11.8 Å². The van der Waals surface area contributed by atoms with Crippen LogP contribution < -0.4 is 18.9 Å². The fourth-order valence-electron chi connectivity index (χ4n) is 13.0. The van der Waals surface area contributed by atoms with Crippen molar-refractivity contribution in [3.8, 4) is 46.0 Å². The molecule has 2 aliphatic heterocycles. The zero-order valence-electron chi connectivity index (χ0n) is 59.0. The van der Waals surface area contributed by atoms with Crippen LogP contribution in [0.5, 0.6) is 46.0 Å². The van der Waals surface area contributed by atoms with Crippen molar-refractivity contribution in [1.82, 2.24) is 9.80 Å². The highest BCUT2D eigenvalue weighted by Gasteiger charge is 2.47. The van der Waals surface area contributed by atoms with Crippen LogP contribution >= 0.6 is 23.2 Å². The van der Waals surface area contributed by atoms with Crippen molar-refractivity contribution in [2.24, 2.45) is 11.8 Å². The van der Waals surface area contributed by atoms with Crippen LogP contribution in [-0.4, -0.2) is 95.8 Å². The highest BCUT2D eigenvalue weighted by Crippen LogP contribution is 2.58. The van der Waals surface area contributed by atoms with Gasteiger partial charge in [0.05, 0.1) is 22.3 Å². The molecule has 0 aromatic heterocycles. The van der Waals surface area contributed by atoms with E-state index in [0.717, 1.165) is 32.1 Å². The average Bonchev–Trinajstić information content (AvgIpc) is 0.673.